The van der Waals surface area contributed by atoms with Crippen molar-refractivity contribution in [3.05, 3.63) is 246 Å². The van der Waals surface area contributed by atoms with Crippen LogP contribution in [0.25, 0.3) is 0 Å². The zero-order valence-corrected chi connectivity index (χ0v) is 37.5. The summed E-state index contributed by atoms with van der Waals surface area (Å²) in [5, 5.41) is 10.4. The molecule has 0 spiro atoms. The van der Waals surface area contributed by atoms with Gasteiger partial charge in [0.2, 0.25) is 0 Å². The standard InChI is InChI=1S/C21H18N2O2S.C18H15Cl2P.C13H12N2O/c1-25-21(24)18-19(15-8-4-2-5-9-15)22-23(17-10-6-3-7-11-17)20(18)16-12-13-26-14-16;19-21(20,16-10-4-1-5-11-16,17-12-6-2-7-13-17)18-14-8-3-9-15-18;16-13(11-7-3-1-4-8-11)15-14-12-9-5-2-6-10-12/h2-14,18,20H,1H3;1-15H;1-10,14H,(H,15,16). The van der Waals surface area contributed by atoms with E-state index in [-0.39, 0.29) is 17.9 Å². The van der Waals surface area contributed by atoms with E-state index in [0.29, 0.717) is 5.56 Å². The van der Waals surface area contributed by atoms with E-state index in [2.05, 4.69) is 16.2 Å². The van der Waals surface area contributed by atoms with E-state index in [1.807, 2.05) is 217 Å². The molecule has 1 aliphatic heterocycles. The zero-order chi connectivity index (χ0) is 43.9. The summed E-state index contributed by atoms with van der Waals surface area (Å²) in [4.78, 5) is 24.4. The summed E-state index contributed by atoms with van der Waals surface area (Å²) < 4.78 is 5.16. The number of hydrogen-bond acceptors (Lipinski definition) is 7. The molecule has 1 amide bonds. The molecule has 7 nitrogen and oxygen atoms in total. The normalized spacial score (nSPS) is 14.8. The first-order chi connectivity index (χ1) is 30.8. The molecule has 0 radical (unpaired) electrons. The van der Waals surface area contributed by atoms with E-state index in [1.54, 1.807) is 23.5 Å². The van der Waals surface area contributed by atoms with Crippen molar-refractivity contribution in [1.82, 2.24) is 5.43 Å². The van der Waals surface area contributed by atoms with Crippen molar-refractivity contribution >= 4 is 84.0 Å². The molecule has 2 N–H and O–H groups in total. The van der Waals surface area contributed by atoms with Crippen LogP contribution >= 0.6 is 39.1 Å². The first-order valence-corrected chi connectivity index (χ1v) is 25.1. The van der Waals surface area contributed by atoms with Crippen LogP contribution in [0.4, 0.5) is 11.4 Å². The van der Waals surface area contributed by atoms with Crippen LogP contribution in [0.15, 0.2) is 234 Å². The molecule has 2 atom stereocenters. The Morgan fingerprint density at radius 2 is 1.05 bits per heavy atom. The number of anilines is 2. The number of halogens is 2. The Morgan fingerprint density at radius 3 is 1.51 bits per heavy atom. The molecule has 0 aliphatic carbocycles. The maximum atomic E-state index is 12.8. The quantitative estimate of drug-likeness (QED) is 0.0811. The number of nitrogens with zero attached hydrogens (tertiary/aromatic N) is 2. The third-order valence-corrected chi connectivity index (χ3v) is 18.1. The third kappa shape index (κ3) is 10.4. The van der Waals surface area contributed by atoms with Gasteiger partial charge in [-0.1, -0.05) is 84.9 Å². The molecule has 316 valence electrons. The second-order valence-electron chi connectivity index (χ2n) is 14.3. The van der Waals surface area contributed by atoms with Gasteiger partial charge in [-0.2, -0.15) is 16.4 Å². The second kappa shape index (κ2) is 21.0. The van der Waals surface area contributed by atoms with Crippen molar-refractivity contribution in [2.24, 2.45) is 11.0 Å². The first-order valence-electron chi connectivity index (χ1n) is 20.1. The summed E-state index contributed by atoms with van der Waals surface area (Å²) >= 11 is 16.1. The Balaban J connectivity index is 0.000000146. The number of para-hydroxylation sites is 2. The number of methoxy groups -OCH3 is 1. The van der Waals surface area contributed by atoms with Gasteiger partial charge in [-0.25, -0.2) is 0 Å². The number of rotatable bonds is 10. The Morgan fingerprint density at radius 1 is 0.603 bits per heavy atom. The summed E-state index contributed by atoms with van der Waals surface area (Å²) in [5.74, 6) is -0.913. The van der Waals surface area contributed by atoms with Crippen LogP contribution in [0.3, 0.4) is 0 Å². The molecule has 0 fully saturated rings. The largest absolute Gasteiger partial charge is 0.298 e. The smallest absolute Gasteiger partial charge is 0.269 e. The fraction of sp³-hybridized carbons (Fsp3) is 0.0577. The van der Waals surface area contributed by atoms with Gasteiger partial charge in [0, 0.05) is 5.56 Å². The number of amides is 1. The van der Waals surface area contributed by atoms with Gasteiger partial charge < -0.3 is 4.74 Å². The van der Waals surface area contributed by atoms with Gasteiger partial charge >= 0.3 is 141 Å². The number of carbonyl (C=O) groups is 2. The van der Waals surface area contributed by atoms with Gasteiger partial charge in [0.15, 0.2) is 0 Å². The number of hydrogen-bond donors (Lipinski definition) is 2. The van der Waals surface area contributed by atoms with Crippen molar-refractivity contribution < 1.29 is 14.3 Å². The molecular weight excluding hydrogens is 863 g/mol. The van der Waals surface area contributed by atoms with Gasteiger partial charge in [-0.05, 0) is 64.4 Å². The van der Waals surface area contributed by atoms with Crippen molar-refractivity contribution in [3.63, 3.8) is 0 Å². The van der Waals surface area contributed by atoms with Crippen LogP contribution in [0.5, 0.6) is 0 Å². The molecule has 8 aromatic rings. The van der Waals surface area contributed by atoms with E-state index in [0.717, 1.165) is 44.1 Å². The molecule has 9 rings (SSSR count). The molecule has 0 bridgehead atoms. The van der Waals surface area contributed by atoms with Gasteiger partial charge in [0.05, 0.1) is 30.2 Å². The van der Waals surface area contributed by atoms with E-state index in [9.17, 15) is 9.59 Å². The average molecular weight is 908 g/mol. The van der Waals surface area contributed by atoms with E-state index in [1.165, 1.54) is 7.11 Å². The first kappa shape index (κ1) is 44.5. The van der Waals surface area contributed by atoms with E-state index < -0.39 is 11.2 Å². The summed E-state index contributed by atoms with van der Waals surface area (Å²) in [6.07, 6.45) is 0. The second-order valence-corrected chi connectivity index (χ2v) is 23.0. The van der Waals surface area contributed by atoms with Crippen molar-refractivity contribution in [1.29, 1.82) is 0 Å². The number of benzene rings is 7. The minimum Gasteiger partial charge on any atom is -0.298 e. The number of nitrogens with one attached hydrogen (secondary N) is 2. The summed E-state index contributed by atoms with van der Waals surface area (Å²) in [5.41, 5.74) is 10.6. The average Bonchev–Trinajstić information content (AvgIpc) is 4.05. The minimum absolute atomic E-state index is 0.149. The van der Waals surface area contributed by atoms with E-state index >= 15 is 0 Å². The van der Waals surface area contributed by atoms with Crippen molar-refractivity contribution in [2.45, 2.75) is 6.04 Å². The molecule has 1 aliphatic rings. The van der Waals surface area contributed by atoms with Crippen molar-refractivity contribution in [3.8, 4) is 0 Å². The van der Waals surface area contributed by atoms with Crippen LogP contribution in [0, 0.1) is 5.92 Å². The van der Waals surface area contributed by atoms with Gasteiger partial charge in [0.1, 0.15) is 5.92 Å². The summed E-state index contributed by atoms with van der Waals surface area (Å²) in [6, 6.07) is 70.0. The maximum absolute atomic E-state index is 12.8. The van der Waals surface area contributed by atoms with Gasteiger partial charge in [-0.3, -0.25) is 25.4 Å². The van der Waals surface area contributed by atoms with E-state index in [4.69, 9.17) is 32.3 Å². The zero-order valence-electron chi connectivity index (χ0n) is 34.3. The number of ether oxygens (including phenoxy) is 1. The molecular formula is C52H45Cl2N4O3PS. The number of carbonyl (C=O) groups excluding carboxylic acids is 2. The fourth-order valence-corrected chi connectivity index (χ4v) is 12.8. The molecule has 0 saturated heterocycles. The van der Waals surface area contributed by atoms with Crippen LogP contribution in [0.1, 0.15) is 27.5 Å². The van der Waals surface area contributed by atoms with Gasteiger partial charge in [0.25, 0.3) is 5.91 Å². The van der Waals surface area contributed by atoms with Crippen molar-refractivity contribution in [2.75, 3.05) is 17.5 Å². The maximum Gasteiger partial charge on any atom is 0.269 e. The monoisotopic (exact) mass is 906 g/mol. The predicted molar refractivity (Wildman–Crippen MR) is 265 cm³/mol. The van der Waals surface area contributed by atoms with Crippen LogP contribution < -0.4 is 31.8 Å². The third-order valence-electron chi connectivity index (χ3n) is 10.3. The molecule has 63 heavy (non-hydrogen) atoms. The SMILES string of the molecule is COC(=O)C1C(c2ccccc2)=NN(c2ccccc2)C1c1ccsc1.ClP(Cl)(c1ccccc1)(c1ccccc1)c1ccccc1.O=C(NNc1ccccc1)c1ccccc1. The topological polar surface area (TPSA) is 83.0 Å². The Labute approximate surface area is 382 Å². The Hall–Kier alpha value is -6.54. The Bertz CT molecular complexity index is 2580. The molecule has 2 unspecified atom stereocenters. The molecule has 11 heteroatoms. The number of hydrazone groups is 1. The summed E-state index contributed by atoms with van der Waals surface area (Å²) in [6.45, 7) is 0. The molecule has 7 aromatic carbocycles. The van der Waals surface area contributed by atoms with Crippen LogP contribution in [-0.4, -0.2) is 24.7 Å². The number of esters is 1. The van der Waals surface area contributed by atoms with Crippen LogP contribution in [0.2, 0.25) is 0 Å². The fourth-order valence-electron chi connectivity index (χ4n) is 7.15. The van der Waals surface area contributed by atoms with Crippen LogP contribution in [-0.2, 0) is 9.53 Å². The number of thiophene rings is 1. The van der Waals surface area contributed by atoms with Gasteiger partial charge in [-0.15, -0.1) is 0 Å². The number of hydrazine groups is 1. The molecule has 0 saturated carbocycles. The predicted octanol–water partition coefficient (Wildman–Crippen LogP) is 11.8. The molecule has 2 heterocycles. The molecule has 1 aromatic heterocycles. The Kier molecular flexibility index (Phi) is 14.9. The summed E-state index contributed by atoms with van der Waals surface area (Å²) in [7, 11) is 1.43. The minimum atomic E-state index is -3.43.